The van der Waals surface area contributed by atoms with Crippen LogP contribution in [0.3, 0.4) is 0 Å². The standard InChI is InChI=1S/C26H33FN6O4/c1-17(2)12-13-28-26(35)24(22-11-6-18(3)37-22)32(15-21-5-4-14-36-21)23(34)16-33-30-25(29-31-33)19-7-9-20(27)10-8-19/h6-11,17,21,24H,4-5,12-16H2,1-3H3,(H,28,35)/t21-,24-/m0/s1. The van der Waals surface area contributed by atoms with Gasteiger partial charge in [0.2, 0.25) is 11.7 Å². The first-order chi connectivity index (χ1) is 17.8. The van der Waals surface area contributed by atoms with Crippen molar-refractivity contribution in [3.8, 4) is 11.4 Å². The van der Waals surface area contributed by atoms with Gasteiger partial charge in [0, 0.05) is 25.3 Å². The van der Waals surface area contributed by atoms with Crippen molar-refractivity contribution in [3.05, 3.63) is 53.7 Å². The molecule has 198 valence electrons. The molecule has 0 aliphatic carbocycles. The summed E-state index contributed by atoms with van der Waals surface area (Å²) in [5.41, 5.74) is 0.574. The summed E-state index contributed by atoms with van der Waals surface area (Å²) in [5.74, 6) is 0.635. The molecule has 3 aromatic rings. The van der Waals surface area contributed by atoms with Gasteiger partial charge in [0.25, 0.3) is 5.91 Å². The minimum atomic E-state index is -0.974. The number of aryl methyl sites for hydroxylation is 1. The third-order valence-corrected chi connectivity index (χ3v) is 6.19. The Morgan fingerprint density at radius 1 is 1.22 bits per heavy atom. The van der Waals surface area contributed by atoms with Crippen LogP contribution in [0.5, 0.6) is 0 Å². The van der Waals surface area contributed by atoms with Crippen LogP contribution in [-0.2, 0) is 20.9 Å². The molecule has 4 rings (SSSR count). The van der Waals surface area contributed by atoms with Crippen LogP contribution < -0.4 is 5.32 Å². The smallest absolute Gasteiger partial charge is 0.250 e. The Labute approximate surface area is 215 Å². The summed E-state index contributed by atoms with van der Waals surface area (Å²) in [6, 6.07) is 8.21. The highest BCUT2D eigenvalue weighted by atomic mass is 19.1. The number of amides is 2. The average molecular weight is 513 g/mol. The van der Waals surface area contributed by atoms with Crippen molar-refractivity contribution < 1.29 is 23.1 Å². The summed E-state index contributed by atoms with van der Waals surface area (Å²) < 4.78 is 24.9. The van der Waals surface area contributed by atoms with Crippen molar-refractivity contribution in [3.63, 3.8) is 0 Å². The Balaban J connectivity index is 1.58. The fraction of sp³-hybridized carbons (Fsp3) is 0.500. The van der Waals surface area contributed by atoms with Gasteiger partial charge in [0.1, 0.15) is 23.9 Å². The zero-order chi connectivity index (χ0) is 26.4. The third-order valence-electron chi connectivity index (χ3n) is 6.19. The molecule has 1 aliphatic heterocycles. The molecule has 1 N–H and O–H groups in total. The summed E-state index contributed by atoms with van der Waals surface area (Å²) in [4.78, 5) is 29.8. The second-order valence-electron chi connectivity index (χ2n) is 9.66. The first-order valence-corrected chi connectivity index (χ1v) is 12.6. The fourth-order valence-electron chi connectivity index (χ4n) is 4.20. The maximum absolute atomic E-state index is 13.7. The molecule has 2 amide bonds. The number of carbonyl (C=O) groups excluding carboxylic acids is 2. The number of nitrogens with zero attached hydrogens (tertiary/aromatic N) is 5. The lowest BCUT2D eigenvalue weighted by molar-refractivity contribution is -0.144. The zero-order valence-electron chi connectivity index (χ0n) is 21.4. The number of tetrazole rings is 1. The van der Waals surface area contributed by atoms with E-state index in [0.29, 0.717) is 36.2 Å². The molecule has 37 heavy (non-hydrogen) atoms. The van der Waals surface area contributed by atoms with Gasteiger partial charge in [-0.1, -0.05) is 13.8 Å². The van der Waals surface area contributed by atoms with E-state index >= 15 is 0 Å². The second kappa shape index (κ2) is 12.1. The SMILES string of the molecule is Cc1ccc([C@@H](C(=O)NCCC(C)C)N(C[C@@H]2CCCO2)C(=O)Cn2nnc(-c3ccc(F)cc3)n2)o1. The number of hydrogen-bond acceptors (Lipinski definition) is 7. The van der Waals surface area contributed by atoms with Gasteiger partial charge in [0.05, 0.1) is 6.10 Å². The second-order valence-corrected chi connectivity index (χ2v) is 9.66. The Morgan fingerprint density at radius 3 is 2.65 bits per heavy atom. The van der Waals surface area contributed by atoms with Crippen LogP contribution in [0.25, 0.3) is 11.4 Å². The summed E-state index contributed by atoms with van der Waals surface area (Å²) in [5, 5.41) is 15.2. The van der Waals surface area contributed by atoms with Gasteiger partial charge in [-0.3, -0.25) is 9.59 Å². The number of hydrogen-bond donors (Lipinski definition) is 1. The van der Waals surface area contributed by atoms with Crippen LogP contribution in [0.2, 0.25) is 0 Å². The van der Waals surface area contributed by atoms with Gasteiger partial charge in [-0.2, -0.15) is 4.80 Å². The number of nitrogens with one attached hydrogen (secondary N) is 1. The van der Waals surface area contributed by atoms with Crippen LogP contribution in [0.4, 0.5) is 4.39 Å². The Kier molecular flexibility index (Phi) is 8.65. The van der Waals surface area contributed by atoms with Crippen LogP contribution in [-0.4, -0.2) is 62.7 Å². The number of furan rings is 1. The summed E-state index contributed by atoms with van der Waals surface area (Å²) in [6.45, 7) is 7.04. The number of carbonyl (C=O) groups is 2. The van der Waals surface area contributed by atoms with Crippen molar-refractivity contribution >= 4 is 11.8 Å². The molecule has 1 saturated heterocycles. The number of benzene rings is 1. The third kappa shape index (κ3) is 7.00. The van der Waals surface area contributed by atoms with E-state index in [1.807, 2.05) is 0 Å². The van der Waals surface area contributed by atoms with E-state index < -0.39 is 6.04 Å². The summed E-state index contributed by atoms with van der Waals surface area (Å²) >= 11 is 0. The predicted octanol–water partition coefficient (Wildman–Crippen LogP) is 3.29. The summed E-state index contributed by atoms with van der Waals surface area (Å²) in [6.07, 6.45) is 2.30. The maximum Gasteiger partial charge on any atom is 0.250 e. The van der Waals surface area contributed by atoms with E-state index in [4.69, 9.17) is 9.15 Å². The monoisotopic (exact) mass is 512 g/mol. The summed E-state index contributed by atoms with van der Waals surface area (Å²) in [7, 11) is 0. The molecule has 0 bridgehead atoms. The predicted molar refractivity (Wildman–Crippen MR) is 133 cm³/mol. The van der Waals surface area contributed by atoms with E-state index in [2.05, 4.69) is 34.6 Å². The molecule has 2 atom stereocenters. The normalized spacial score (nSPS) is 16.2. The molecule has 3 heterocycles. The first-order valence-electron chi connectivity index (χ1n) is 12.6. The minimum absolute atomic E-state index is 0.190. The quantitative estimate of drug-likeness (QED) is 0.419. The van der Waals surface area contributed by atoms with Gasteiger partial charge >= 0.3 is 0 Å². The largest absolute Gasteiger partial charge is 0.464 e. The van der Waals surface area contributed by atoms with Crippen molar-refractivity contribution in [2.75, 3.05) is 19.7 Å². The maximum atomic E-state index is 13.7. The molecule has 0 unspecified atom stereocenters. The molecular weight excluding hydrogens is 479 g/mol. The van der Waals surface area contributed by atoms with Crippen LogP contribution >= 0.6 is 0 Å². The van der Waals surface area contributed by atoms with Gasteiger partial charge in [-0.15, -0.1) is 10.2 Å². The molecule has 11 heteroatoms. The molecule has 0 spiro atoms. The molecule has 1 aromatic carbocycles. The molecular formula is C26H33FN6O4. The number of ether oxygens (including phenoxy) is 1. The average Bonchev–Trinajstić information content (AvgIpc) is 3.62. The minimum Gasteiger partial charge on any atom is -0.464 e. The number of rotatable bonds is 11. The van der Waals surface area contributed by atoms with Crippen LogP contribution in [0.1, 0.15) is 50.7 Å². The Bertz CT molecular complexity index is 1190. The van der Waals surface area contributed by atoms with Gasteiger partial charge < -0.3 is 19.4 Å². The van der Waals surface area contributed by atoms with E-state index in [9.17, 15) is 14.0 Å². The highest BCUT2D eigenvalue weighted by Crippen LogP contribution is 2.26. The van der Waals surface area contributed by atoms with Crippen molar-refractivity contribution in [2.24, 2.45) is 5.92 Å². The lowest BCUT2D eigenvalue weighted by Gasteiger charge is -2.31. The number of halogens is 1. The van der Waals surface area contributed by atoms with Crippen LogP contribution in [0, 0.1) is 18.7 Å². The van der Waals surface area contributed by atoms with E-state index in [-0.39, 0.29) is 42.6 Å². The Hall–Kier alpha value is -3.60. The first kappa shape index (κ1) is 26.5. The molecule has 10 nitrogen and oxygen atoms in total. The van der Waals surface area contributed by atoms with Crippen molar-refractivity contribution in [1.29, 1.82) is 0 Å². The van der Waals surface area contributed by atoms with Crippen molar-refractivity contribution in [2.45, 2.75) is 58.7 Å². The van der Waals surface area contributed by atoms with E-state index in [1.54, 1.807) is 31.2 Å². The van der Waals surface area contributed by atoms with Gasteiger partial charge in [-0.05, 0) is 73.7 Å². The van der Waals surface area contributed by atoms with Gasteiger partial charge in [-0.25, -0.2) is 4.39 Å². The molecule has 1 aliphatic rings. The van der Waals surface area contributed by atoms with E-state index in [0.717, 1.165) is 19.3 Å². The molecule has 0 radical (unpaired) electrons. The van der Waals surface area contributed by atoms with E-state index in [1.165, 1.54) is 21.8 Å². The van der Waals surface area contributed by atoms with Crippen molar-refractivity contribution in [1.82, 2.24) is 30.4 Å². The highest BCUT2D eigenvalue weighted by Gasteiger charge is 2.36. The van der Waals surface area contributed by atoms with Crippen LogP contribution in [0.15, 0.2) is 40.8 Å². The lowest BCUT2D eigenvalue weighted by atomic mass is 10.1. The lowest BCUT2D eigenvalue weighted by Crippen LogP contribution is -2.48. The highest BCUT2D eigenvalue weighted by molar-refractivity contribution is 5.88. The fourth-order valence-corrected chi connectivity index (χ4v) is 4.20. The van der Waals surface area contributed by atoms with Gasteiger partial charge in [0.15, 0.2) is 6.04 Å². The topological polar surface area (TPSA) is 115 Å². The molecule has 1 fully saturated rings. The molecule has 0 saturated carbocycles. The molecule has 2 aromatic heterocycles. The Morgan fingerprint density at radius 2 is 2.00 bits per heavy atom. The number of aromatic nitrogens is 4. The zero-order valence-corrected chi connectivity index (χ0v) is 21.4.